The van der Waals surface area contributed by atoms with Crippen LogP contribution in [0.5, 0.6) is 0 Å². The predicted molar refractivity (Wildman–Crippen MR) is 108 cm³/mol. The van der Waals surface area contributed by atoms with Gasteiger partial charge in [0.25, 0.3) is 5.91 Å². The number of nitrogens with one attached hydrogen (secondary N) is 1. The molecular weight excluding hydrogens is 324 g/mol. The second-order valence-electron chi connectivity index (χ2n) is 5.67. The normalized spacial score (nSPS) is 13.4. The van der Waals surface area contributed by atoms with Gasteiger partial charge in [-0.3, -0.25) is 9.69 Å². The van der Waals surface area contributed by atoms with E-state index < -0.39 is 6.10 Å². The summed E-state index contributed by atoms with van der Waals surface area (Å²) in [6.45, 7) is 10.5. The zero-order chi connectivity index (χ0) is 19.4. The Kier molecular flexibility index (Phi) is 10.3. The molecule has 4 nitrogen and oxygen atoms in total. The lowest BCUT2D eigenvalue weighted by Gasteiger charge is -2.19. The van der Waals surface area contributed by atoms with Crippen molar-refractivity contribution in [2.45, 2.75) is 46.9 Å². The molecule has 0 spiro atoms. The Balaban J connectivity index is 0.000000791. The molecule has 2 N–H and O–H groups in total. The first-order valence-electron chi connectivity index (χ1n) is 9.53. The highest BCUT2D eigenvalue weighted by molar-refractivity contribution is 5.94. The van der Waals surface area contributed by atoms with Crippen LogP contribution in [0, 0.1) is 0 Å². The lowest BCUT2D eigenvalue weighted by Crippen LogP contribution is -2.38. The van der Waals surface area contributed by atoms with Gasteiger partial charge in [0.1, 0.15) is 0 Å². The Labute approximate surface area is 157 Å². The number of hydrogen-bond acceptors (Lipinski definition) is 3. The first-order chi connectivity index (χ1) is 12.7. The van der Waals surface area contributed by atoms with E-state index in [0.29, 0.717) is 12.1 Å². The maximum absolute atomic E-state index is 11.9. The van der Waals surface area contributed by atoms with Crippen molar-refractivity contribution in [2.75, 3.05) is 13.1 Å². The van der Waals surface area contributed by atoms with Crippen LogP contribution in [0.2, 0.25) is 0 Å². The number of benzene rings is 2. The average molecular weight is 357 g/mol. The number of aliphatic hydroxyl groups is 1. The summed E-state index contributed by atoms with van der Waals surface area (Å²) in [6.07, 6.45) is -0.568. The van der Waals surface area contributed by atoms with Crippen LogP contribution in [0.15, 0.2) is 54.6 Å². The average Bonchev–Trinajstić information content (AvgIpc) is 3.12. The zero-order valence-electron chi connectivity index (χ0n) is 16.4. The highest BCUT2D eigenvalue weighted by Crippen LogP contribution is 2.21. The van der Waals surface area contributed by atoms with Crippen LogP contribution in [-0.4, -0.2) is 35.1 Å². The van der Waals surface area contributed by atoms with Gasteiger partial charge in [-0.15, -0.1) is 0 Å². The third kappa shape index (κ3) is 6.62. The van der Waals surface area contributed by atoms with Crippen molar-refractivity contribution in [2.24, 2.45) is 0 Å². The summed E-state index contributed by atoms with van der Waals surface area (Å²) in [5.74, 6) is -0.149. The third-order valence-corrected chi connectivity index (χ3v) is 3.91. The number of hydrogen-bond donors (Lipinski definition) is 2. The first-order valence-corrected chi connectivity index (χ1v) is 9.53. The molecule has 0 aliphatic carbocycles. The molecule has 26 heavy (non-hydrogen) atoms. The Morgan fingerprint density at radius 1 is 0.962 bits per heavy atom. The van der Waals surface area contributed by atoms with Crippen LogP contribution in [0.4, 0.5) is 0 Å². The second kappa shape index (κ2) is 12.2. The van der Waals surface area contributed by atoms with Crippen molar-refractivity contribution in [3.8, 4) is 0 Å². The van der Waals surface area contributed by atoms with Crippen LogP contribution in [0.25, 0.3) is 0 Å². The fourth-order valence-electron chi connectivity index (χ4n) is 2.80. The fourth-order valence-corrected chi connectivity index (χ4v) is 2.80. The summed E-state index contributed by atoms with van der Waals surface area (Å²) in [5.41, 5.74) is 3.26. The molecule has 1 atom stereocenters. The van der Waals surface area contributed by atoms with Crippen molar-refractivity contribution < 1.29 is 9.90 Å². The smallest absolute Gasteiger partial charge is 0.251 e. The molecule has 0 radical (unpaired) electrons. The fraction of sp³-hybridized carbons (Fsp3) is 0.409. The minimum absolute atomic E-state index is 0.149. The largest absolute Gasteiger partial charge is 0.390 e. The van der Waals surface area contributed by atoms with E-state index in [1.807, 2.05) is 58.0 Å². The molecule has 2 aromatic rings. The maximum atomic E-state index is 11.9. The molecule has 1 heterocycles. The van der Waals surface area contributed by atoms with Crippen LogP contribution < -0.4 is 5.32 Å². The number of aliphatic hydroxyl groups excluding tert-OH is 1. The molecule has 0 aromatic heterocycles. The summed E-state index contributed by atoms with van der Waals surface area (Å²) < 4.78 is 0. The highest BCUT2D eigenvalue weighted by atomic mass is 16.3. The summed E-state index contributed by atoms with van der Waals surface area (Å²) in [5, 5.41) is 12.9. The predicted octanol–water partition coefficient (Wildman–Crippen LogP) is 3.85. The van der Waals surface area contributed by atoms with Crippen LogP contribution >= 0.6 is 0 Å². The number of amides is 1. The molecule has 4 heteroatoms. The van der Waals surface area contributed by atoms with E-state index in [2.05, 4.69) is 22.3 Å². The molecule has 0 fully saturated rings. The SMILES string of the molecule is CC.CC.O=C(NC[C@H](O)CN1Cc2ccccc2C1)c1ccccc1. The Morgan fingerprint density at radius 2 is 1.46 bits per heavy atom. The summed E-state index contributed by atoms with van der Waals surface area (Å²) in [4.78, 5) is 14.1. The van der Waals surface area contributed by atoms with E-state index in [1.165, 1.54) is 11.1 Å². The quantitative estimate of drug-likeness (QED) is 0.856. The summed E-state index contributed by atoms with van der Waals surface area (Å²) in [7, 11) is 0. The highest BCUT2D eigenvalue weighted by Gasteiger charge is 2.20. The van der Waals surface area contributed by atoms with Gasteiger partial charge < -0.3 is 10.4 Å². The Bertz CT molecular complexity index is 619. The van der Waals surface area contributed by atoms with E-state index in [1.54, 1.807) is 12.1 Å². The summed E-state index contributed by atoms with van der Waals surface area (Å²) in [6, 6.07) is 17.4. The van der Waals surface area contributed by atoms with E-state index in [0.717, 1.165) is 13.1 Å². The second-order valence-corrected chi connectivity index (χ2v) is 5.67. The number of fused-ring (bicyclic) bond motifs is 1. The van der Waals surface area contributed by atoms with Gasteiger partial charge in [0.15, 0.2) is 0 Å². The molecule has 1 aliphatic heterocycles. The van der Waals surface area contributed by atoms with Gasteiger partial charge in [-0.25, -0.2) is 0 Å². The molecular formula is C22H32N2O2. The van der Waals surface area contributed by atoms with Crippen molar-refractivity contribution in [1.29, 1.82) is 0 Å². The van der Waals surface area contributed by atoms with E-state index in [4.69, 9.17) is 0 Å². The lowest BCUT2D eigenvalue weighted by molar-refractivity contribution is 0.0856. The van der Waals surface area contributed by atoms with Crippen molar-refractivity contribution in [3.63, 3.8) is 0 Å². The number of nitrogens with zero attached hydrogens (tertiary/aromatic N) is 1. The van der Waals surface area contributed by atoms with Gasteiger partial charge in [0.2, 0.25) is 0 Å². The molecule has 0 unspecified atom stereocenters. The molecule has 1 aliphatic rings. The first kappa shape index (κ1) is 21.9. The minimum atomic E-state index is -0.568. The van der Waals surface area contributed by atoms with Crippen LogP contribution in [-0.2, 0) is 13.1 Å². The standard InChI is InChI=1S/C18H20N2O2.2C2H6/c21-17(10-19-18(22)14-6-2-1-3-7-14)13-20-11-15-8-4-5-9-16(15)12-20;2*1-2/h1-9,17,21H,10-13H2,(H,19,22);2*1-2H3/t17-;;/m0../s1. The van der Waals surface area contributed by atoms with Crippen molar-refractivity contribution in [3.05, 3.63) is 71.3 Å². The topological polar surface area (TPSA) is 52.6 Å². The van der Waals surface area contributed by atoms with Gasteiger partial charge in [-0.2, -0.15) is 0 Å². The van der Waals surface area contributed by atoms with E-state index in [9.17, 15) is 9.90 Å². The molecule has 3 rings (SSSR count). The van der Waals surface area contributed by atoms with Crippen LogP contribution in [0.1, 0.15) is 49.2 Å². The molecule has 1 amide bonds. The summed E-state index contributed by atoms with van der Waals surface area (Å²) >= 11 is 0. The van der Waals surface area contributed by atoms with Gasteiger partial charge >= 0.3 is 0 Å². The monoisotopic (exact) mass is 356 g/mol. The number of carbonyl (C=O) groups is 1. The Morgan fingerprint density at radius 3 is 2.00 bits per heavy atom. The van der Waals surface area contributed by atoms with Crippen molar-refractivity contribution >= 4 is 5.91 Å². The Hall–Kier alpha value is -2.17. The van der Waals surface area contributed by atoms with E-state index >= 15 is 0 Å². The zero-order valence-corrected chi connectivity index (χ0v) is 16.4. The van der Waals surface area contributed by atoms with Gasteiger partial charge in [0.05, 0.1) is 6.10 Å². The number of carbonyl (C=O) groups excluding carboxylic acids is 1. The number of rotatable bonds is 5. The maximum Gasteiger partial charge on any atom is 0.251 e. The molecule has 2 aromatic carbocycles. The minimum Gasteiger partial charge on any atom is -0.390 e. The lowest BCUT2D eigenvalue weighted by atomic mass is 10.1. The molecule has 0 bridgehead atoms. The molecule has 142 valence electrons. The number of β-amino-alcohol motifs (C(OH)–C–C–N with tert-alkyl or cyclic N) is 1. The molecule has 0 saturated carbocycles. The third-order valence-electron chi connectivity index (χ3n) is 3.91. The van der Waals surface area contributed by atoms with Crippen molar-refractivity contribution in [1.82, 2.24) is 10.2 Å². The molecule has 0 saturated heterocycles. The van der Waals surface area contributed by atoms with Crippen LogP contribution in [0.3, 0.4) is 0 Å². The van der Waals surface area contributed by atoms with Gasteiger partial charge in [-0.05, 0) is 23.3 Å². The van der Waals surface area contributed by atoms with E-state index in [-0.39, 0.29) is 12.5 Å². The van der Waals surface area contributed by atoms with Gasteiger partial charge in [0, 0.05) is 31.7 Å². The van der Waals surface area contributed by atoms with Gasteiger partial charge in [-0.1, -0.05) is 70.2 Å².